The predicted octanol–water partition coefficient (Wildman–Crippen LogP) is 5.03. The average Bonchev–Trinajstić information content (AvgIpc) is 3.39. The molecule has 13 heteroatoms. The molecule has 2 aliphatic heterocycles. The summed E-state index contributed by atoms with van der Waals surface area (Å²) in [7, 11) is 0. The maximum atomic E-state index is 13.6. The third kappa shape index (κ3) is 6.95. The zero-order valence-electron chi connectivity index (χ0n) is 23.2. The van der Waals surface area contributed by atoms with Crippen molar-refractivity contribution in [1.29, 1.82) is 0 Å². The number of nitrogens with zero attached hydrogens (tertiary/aromatic N) is 3. The maximum Gasteiger partial charge on any atom is 0.423 e. The van der Waals surface area contributed by atoms with Crippen LogP contribution in [0.4, 0.5) is 28.9 Å². The van der Waals surface area contributed by atoms with Gasteiger partial charge in [-0.2, -0.15) is 13.2 Å². The number of hydrogen-bond acceptors (Lipinski definition) is 7. The number of piperazine rings is 1. The SMILES string of the molecule is CC(C1Cc2cc(F)ccc2O1)N1CCN(C(=O)CO[C@H]2CC[C@H](Nc3ccc([N+](=O)[O-])c(C(F)(F)F)c3)CC2)CC1. The molecule has 9 nitrogen and oxygen atoms in total. The van der Waals surface area contributed by atoms with Gasteiger partial charge >= 0.3 is 6.18 Å². The molecular formula is C29H34F4N4O5. The molecule has 1 amide bonds. The Balaban J connectivity index is 1.02. The van der Waals surface area contributed by atoms with E-state index in [4.69, 9.17) is 9.47 Å². The summed E-state index contributed by atoms with van der Waals surface area (Å²) < 4.78 is 65.3. The number of fused-ring (bicyclic) bond motifs is 1. The highest BCUT2D eigenvalue weighted by Crippen LogP contribution is 2.38. The second-order valence-electron chi connectivity index (χ2n) is 11.2. The summed E-state index contributed by atoms with van der Waals surface area (Å²) in [5, 5.41) is 14.0. The molecule has 2 aromatic rings. The van der Waals surface area contributed by atoms with Crippen LogP contribution in [0.3, 0.4) is 0 Å². The highest BCUT2D eigenvalue weighted by molar-refractivity contribution is 5.77. The number of ether oxygens (including phenoxy) is 2. The molecule has 1 saturated carbocycles. The van der Waals surface area contributed by atoms with E-state index in [1.165, 1.54) is 18.2 Å². The van der Waals surface area contributed by atoms with Crippen LogP contribution >= 0.6 is 0 Å². The van der Waals surface area contributed by atoms with Crippen LogP contribution in [0, 0.1) is 15.9 Å². The Morgan fingerprint density at radius 1 is 1.12 bits per heavy atom. The number of halogens is 4. The number of anilines is 1. The van der Waals surface area contributed by atoms with Crippen molar-refractivity contribution in [3.8, 4) is 5.75 Å². The molecule has 2 atom stereocenters. The molecule has 3 aliphatic rings. The molecule has 2 aromatic carbocycles. The first-order valence-electron chi connectivity index (χ1n) is 14.2. The predicted molar refractivity (Wildman–Crippen MR) is 146 cm³/mol. The number of alkyl halides is 3. The van der Waals surface area contributed by atoms with E-state index >= 15 is 0 Å². The zero-order valence-corrected chi connectivity index (χ0v) is 23.2. The minimum absolute atomic E-state index is 0.0256. The van der Waals surface area contributed by atoms with Crippen LogP contribution in [0.1, 0.15) is 43.7 Å². The molecule has 0 bridgehead atoms. The number of hydrogen-bond donors (Lipinski definition) is 1. The van der Waals surface area contributed by atoms with Crippen LogP contribution in [-0.2, 0) is 22.1 Å². The fourth-order valence-electron chi connectivity index (χ4n) is 6.03. The van der Waals surface area contributed by atoms with Gasteiger partial charge in [-0.25, -0.2) is 4.39 Å². The molecule has 0 aromatic heterocycles. The van der Waals surface area contributed by atoms with Crippen molar-refractivity contribution >= 4 is 17.3 Å². The topological polar surface area (TPSA) is 97.2 Å². The Hall–Kier alpha value is -3.45. The van der Waals surface area contributed by atoms with Crippen LogP contribution in [0.25, 0.3) is 0 Å². The Labute approximate surface area is 240 Å². The number of nitrogens with one attached hydrogen (secondary N) is 1. The minimum atomic E-state index is -4.83. The van der Waals surface area contributed by atoms with Crippen molar-refractivity contribution in [3.63, 3.8) is 0 Å². The Morgan fingerprint density at radius 2 is 1.83 bits per heavy atom. The van der Waals surface area contributed by atoms with Crippen LogP contribution in [0.2, 0.25) is 0 Å². The monoisotopic (exact) mass is 594 g/mol. The van der Waals surface area contributed by atoms with Crippen molar-refractivity contribution in [2.75, 3.05) is 38.1 Å². The number of carbonyl (C=O) groups excluding carboxylic acids is 1. The standard InChI is InChI=1S/C29H34F4N4O5/c1-18(27-15-19-14-20(30)2-9-26(19)42-27)35-10-12-36(13-11-35)28(38)17-41-23-6-3-21(4-7-23)34-22-5-8-25(37(39)40)24(16-22)29(31,32)33/h2,5,8-9,14,16,18,21,23,27,34H,3-4,6-7,10-13,15,17H2,1H3/t18?,21-,23-,27?. The molecule has 0 radical (unpaired) electrons. The van der Waals surface area contributed by atoms with E-state index in [0.717, 1.165) is 23.4 Å². The summed E-state index contributed by atoms with van der Waals surface area (Å²) in [6, 6.07) is 7.54. The van der Waals surface area contributed by atoms with Gasteiger partial charge in [0.05, 0.1) is 11.0 Å². The second kappa shape index (κ2) is 12.4. The first-order valence-corrected chi connectivity index (χ1v) is 14.2. The van der Waals surface area contributed by atoms with E-state index in [9.17, 15) is 32.5 Å². The fraction of sp³-hybridized carbons (Fsp3) is 0.552. The molecule has 0 spiro atoms. The van der Waals surface area contributed by atoms with E-state index in [0.29, 0.717) is 58.3 Å². The van der Waals surface area contributed by atoms with E-state index in [2.05, 4.69) is 17.1 Å². The number of amides is 1. The normalized spacial score (nSPS) is 23.6. The smallest absolute Gasteiger partial charge is 0.423 e. The number of benzene rings is 2. The van der Waals surface area contributed by atoms with Gasteiger partial charge in [-0.15, -0.1) is 0 Å². The summed E-state index contributed by atoms with van der Waals surface area (Å²) in [4.78, 5) is 26.8. The fourth-order valence-corrected chi connectivity index (χ4v) is 6.03. The van der Waals surface area contributed by atoms with Crippen LogP contribution in [0.5, 0.6) is 5.75 Å². The van der Waals surface area contributed by atoms with E-state index in [-0.39, 0.29) is 48.3 Å². The lowest BCUT2D eigenvalue weighted by Gasteiger charge is -2.39. The summed E-state index contributed by atoms with van der Waals surface area (Å²) in [5.74, 6) is 0.383. The molecule has 2 unspecified atom stereocenters. The van der Waals surface area contributed by atoms with Crippen molar-refractivity contribution in [2.24, 2.45) is 0 Å². The van der Waals surface area contributed by atoms with Crippen LogP contribution in [-0.4, -0.2) is 77.7 Å². The molecule has 42 heavy (non-hydrogen) atoms. The molecule has 1 aliphatic carbocycles. The van der Waals surface area contributed by atoms with Crippen LogP contribution < -0.4 is 10.1 Å². The molecule has 2 heterocycles. The molecular weight excluding hydrogens is 560 g/mol. The lowest BCUT2D eigenvalue weighted by molar-refractivity contribution is -0.388. The first-order chi connectivity index (χ1) is 20.0. The van der Waals surface area contributed by atoms with Crippen molar-refractivity contribution in [3.05, 3.63) is 63.5 Å². The summed E-state index contributed by atoms with van der Waals surface area (Å²) in [5.41, 5.74) is -1.20. The summed E-state index contributed by atoms with van der Waals surface area (Å²) >= 11 is 0. The van der Waals surface area contributed by atoms with Gasteiger partial charge in [0.25, 0.3) is 5.69 Å². The average molecular weight is 595 g/mol. The van der Waals surface area contributed by atoms with Gasteiger partial charge < -0.3 is 19.7 Å². The van der Waals surface area contributed by atoms with E-state index < -0.39 is 22.4 Å². The summed E-state index contributed by atoms with van der Waals surface area (Å²) in [6.07, 6.45) is -1.82. The Morgan fingerprint density at radius 3 is 2.50 bits per heavy atom. The van der Waals surface area contributed by atoms with Crippen LogP contribution in [0.15, 0.2) is 36.4 Å². The van der Waals surface area contributed by atoms with Gasteiger partial charge in [0.1, 0.15) is 29.8 Å². The van der Waals surface area contributed by atoms with Gasteiger partial charge in [-0.1, -0.05) is 0 Å². The van der Waals surface area contributed by atoms with Crippen molar-refractivity contribution < 1.29 is 36.8 Å². The maximum absolute atomic E-state index is 13.6. The highest BCUT2D eigenvalue weighted by Gasteiger charge is 2.39. The van der Waals surface area contributed by atoms with Crippen molar-refractivity contribution in [1.82, 2.24) is 9.80 Å². The first kappa shape index (κ1) is 30.0. The second-order valence-corrected chi connectivity index (χ2v) is 11.2. The number of rotatable bonds is 8. The molecule has 1 N–H and O–H groups in total. The largest absolute Gasteiger partial charge is 0.488 e. The van der Waals surface area contributed by atoms with Gasteiger partial charge in [-0.05, 0) is 62.9 Å². The molecule has 5 rings (SSSR count). The third-order valence-corrected chi connectivity index (χ3v) is 8.49. The van der Waals surface area contributed by atoms with Gasteiger partial charge in [-0.3, -0.25) is 19.8 Å². The van der Waals surface area contributed by atoms with Gasteiger partial charge in [0, 0.05) is 62.0 Å². The Bertz CT molecular complexity index is 1290. The molecule has 1 saturated heterocycles. The zero-order chi connectivity index (χ0) is 30.0. The van der Waals surface area contributed by atoms with E-state index in [1.807, 2.05) is 0 Å². The van der Waals surface area contributed by atoms with Crippen molar-refractivity contribution in [2.45, 2.75) is 69.5 Å². The number of carbonyl (C=O) groups is 1. The van der Waals surface area contributed by atoms with E-state index in [1.54, 1.807) is 11.0 Å². The van der Waals surface area contributed by atoms with Gasteiger partial charge in [0.2, 0.25) is 5.91 Å². The highest BCUT2D eigenvalue weighted by atomic mass is 19.4. The lowest BCUT2D eigenvalue weighted by Crippen LogP contribution is -2.55. The minimum Gasteiger partial charge on any atom is -0.488 e. The number of nitro benzene ring substituents is 1. The number of nitro groups is 1. The lowest BCUT2D eigenvalue weighted by atomic mass is 9.92. The molecule has 228 valence electrons. The quantitative estimate of drug-likeness (QED) is 0.260. The molecule has 2 fully saturated rings. The summed E-state index contributed by atoms with van der Waals surface area (Å²) in [6.45, 7) is 4.62. The van der Waals surface area contributed by atoms with Gasteiger partial charge in [0.15, 0.2) is 0 Å². The third-order valence-electron chi connectivity index (χ3n) is 8.49. The Kier molecular flexibility index (Phi) is 8.88.